The van der Waals surface area contributed by atoms with Crippen LogP contribution < -0.4 is 5.73 Å². The van der Waals surface area contributed by atoms with Crippen molar-refractivity contribution >= 4 is 33.5 Å². The Morgan fingerprint density at radius 3 is 2.88 bits per heavy atom. The second-order valence-corrected chi connectivity index (χ2v) is 7.78. The molecule has 1 aliphatic rings. The number of carbonyl (C=O) groups excluding carboxylic acids is 1. The lowest BCUT2D eigenvalue weighted by atomic mass is 9.96. The lowest BCUT2D eigenvalue weighted by Crippen LogP contribution is -2.40. The monoisotopic (exact) mass is 370 g/mol. The molecule has 1 amide bonds. The van der Waals surface area contributed by atoms with E-state index in [1.54, 1.807) is 0 Å². The number of carbonyl (C=O) groups is 1. The molecule has 1 aromatic carbocycles. The van der Waals surface area contributed by atoms with E-state index in [0.717, 1.165) is 41.2 Å². The first-order chi connectivity index (χ1) is 12.6. The van der Waals surface area contributed by atoms with E-state index >= 15 is 0 Å². The molecule has 1 aliphatic heterocycles. The predicted octanol–water partition coefficient (Wildman–Crippen LogP) is 3.07. The summed E-state index contributed by atoms with van der Waals surface area (Å²) in [5.41, 5.74) is 8.26. The summed E-state index contributed by atoms with van der Waals surface area (Å²) in [6.45, 7) is 5.69. The average molecular weight is 370 g/mol. The highest BCUT2D eigenvalue weighted by Gasteiger charge is 2.31. The molecule has 2 N–H and O–H groups in total. The number of rotatable bonds is 3. The Morgan fingerprint density at radius 1 is 1.35 bits per heavy atom. The van der Waals surface area contributed by atoms with E-state index in [2.05, 4.69) is 34.1 Å². The molecular formula is C18H22N6OS. The summed E-state index contributed by atoms with van der Waals surface area (Å²) < 4.78 is 6.08. The highest BCUT2D eigenvalue weighted by molar-refractivity contribution is 7.10. The van der Waals surface area contributed by atoms with Crippen LogP contribution in [0.25, 0.3) is 11.0 Å². The van der Waals surface area contributed by atoms with E-state index in [9.17, 15) is 4.79 Å². The van der Waals surface area contributed by atoms with Gasteiger partial charge in [0, 0.05) is 36.6 Å². The van der Waals surface area contributed by atoms with Crippen LogP contribution in [0.2, 0.25) is 0 Å². The van der Waals surface area contributed by atoms with E-state index < -0.39 is 0 Å². The molecule has 0 saturated carbocycles. The van der Waals surface area contributed by atoms with E-state index in [1.807, 2.05) is 23.1 Å². The van der Waals surface area contributed by atoms with Crippen LogP contribution in [-0.2, 0) is 0 Å². The smallest absolute Gasteiger partial charge is 0.277 e. The molecule has 1 saturated heterocycles. The fourth-order valence-corrected chi connectivity index (χ4v) is 4.19. The first-order valence-corrected chi connectivity index (χ1v) is 9.67. The van der Waals surface area contributed by atoms with Crippen LogP contribution in [0, 0.1) is 0 Å². The van der Waals surface area contributed by atoms with Gasteiger partial charge in [0.05, 0.1) is 11.0 Å². The van der Waals surface area contributed by atoms with Crippen LogP contribution in [0.15, 0.2) is 24.3 Å². The maximum absolute atomic E-state index is 12.8. The van der Waals surface area contributed by atoms with Crippen LogP contribution >= 0.6 is 11.5 Å². The lowest BCUT2D eigenvalue weighted by Gasteiger charge is -2.32. The molecule has 0 unspecified atom stereocenters. The molecule has 0 radical (unpaired) electrons. The Hall–Kier alpha value is -2.48. The zero-order valence-corrected chi connectivity index (χ0v) is 15.7. The van der Waals surface area contributed by atoms with Gasteiger partial charge in [-0.3, -0.25) is 4.79 Å². The van der Waals surface area contributed by atoms with Crippen molar-refractivity contribution in [1.82, 2.24) is 24.0 Å². The maximum atomic E-state index is 12.8. The molecule has 26 heavy (non-hydrogen) atoms. The molecule has 7 nitrogen and oxygen atoms in total. The molecule has 8 heteroatoms. The molecule has 0 aliphatic carbocycles. The normalized spacial score (nSPS) is 18.0. The first kappa shape index (κ1) is 17.0. The quantitative estimate of drug-likeness (QED) is 0.765. The largest absolute Gasteiger partial charge is 0.387 e. The second kappa shape index (κ2) is 6.68. The number of nitrogen functional groups attached to an aromatic ring is 1. The minimum absolute atomic E-state index is 0.131. The van der Waals surface area contributed by atoms with Crippen LogP contribution in [0.1, 0.15) is 55.0 Å². The van der Waals surface area contributed by atoms with Crippen molar-refractivity contribution in [2.24, 2.45) is 0 Å². The van der Waals surface area contributed by atoms with Gasteiger partial charge < -0.3 is 15.2 Å². The number of fused-ring (bicyclic) bond motifs is 1. The number of anilines is 1. The highest BCUT2D eigenvalue weighted by atomic mass is 32.1. The van der Waals surface area contributed by atoms with Crippen molar-refractivity contribution in [1.29, 1.82) is 0 Å². The summed E-state index contributed by atoms with van der Waals surface area (Å²) in [5, 5.41) is 4.28. The standard InChI is InChI=1S/C18H22N6OS/c1-11(2)24-14-8-4-3-7-13(14)20-17(24)12-6-5-9-23(10-12)18(25)15-16(19)26-22-21-15/h3-4,7-8,11-12H,5-6,9-10,19H2,1-2H3/t12-/m0/s1. The van der Waals surface area contributed by atoms with Gasteiger partial charge in [-0.1, -0.05) is 16.6 Å². The van der Waals surface area contributed by atoms with Gasteiger partial charge in [-0.25, -0.2) is 4.98 Å². The maximum Gasteiger partial charge on any atom is 0.277 e. The van der Waals surface area contributed by atoms with Gasteiger partial charge in [0.25, 0.3) is 5.91 Å². The molecule has 3 aromatic rings. The van der Waals surface area contributed by atoms with Crippen molar-refractivity contribution in [3.8, 4) is 0 Å². The van der Waals surface area contributed by atoms with Crippen molar-refractivity contribution in [3.63, 3.8) is 0 Å². The van der Waals surface area contributed by atoms with E-state index in [-0.39, 0.29) is 17.5 Å². The van der Waals surface area contributed by atoms with Crippen molar-refractivity contribution in [2.75, 3.05) is 18.8 Å². The van der Waals surface area contributed by atoms with Gasteiger partial charge in [0.15, 0.2) is 5.69 Å². The summed E-state index contributed by atoms with van der Waals surface area (Å²) in [6, 6.07) is 8.52. The average Bonchev–Trinajstić information content (AvgIpc) is 3.24. The van der Waals surface area contributed by atoms with Crippen LogP contribution in [0.3, 0.4) is 0 Å². The number of imidazole rings is 1. The Balaban J connectivity index is 1.66. The fourth-order valence-electron chi connectivity index (χ4n) is 3.76. The Labute approximate surface area is 156 Å². The molecule has 136 valence electrons. The number of hydrogen-bond acceptors (Lipinski definition) is 6. The van der Waals surface area contributed by atoms with E-state index in [1.165, 1.54) is 0 Å². The van der Waals surface area contributed by atoms with Gasteiger partial charge in [0.1, 0.15) is 10.8 Å². The summed E-state index contributed by atoms with van der Waals surface area (Å²) in [6.07, 6.45) is 1.96. The fraction of sp³-hybridized carbons (Fsp3) is 0.444. The molecule has 4 rings (SSSR count). The van der Waals surface area contributed by atoms with E-state index in [0.29, 0.717) is 24.1 Å². The third-order valence-corrected chi connectivity index (χ3v) is 5.48. The molecule has 1 atom stereocenters. The van der Waals surface area contributed by atoms with Gasteiger partial charge in [-0.05, 0) is 38.8 Å². The Kier molecular flexibility index (Phi) is 4.36. The third-order valence-electron chi connectivity index (χ3n) is 4.93. The summed E-state index contributed by atoms with van der Waals surface area (Å²) >= 11 is 1.06. The summed E-state index contributed by atoms with van der Waals surface area (Å²) in [4.78, 5) is 19.5. The number of para-hydroxylation sites is 2. The number of nitrogens with two attached hydrogens (primary N) is 1. The Morgan fingerprint density at radius 2 is 2.15 bits per heavy atom. The second-order valence-electron chi connectivity index (χ2n) is 7.00. The molecule has 0 spiro atoms. The topological polar surface area (TPSA) is 89.9 Å². The number of aromatic nitrogens is 4. The molecule has 1 fully saturated rings. The SMILES string of the molecule is CC(C)n1c([C@H]2CCCN(C(=O)c3nnsc3N)C2)nc2ccccc21. The number of likely N-dealkylation sites (tertiary alicyclic amines) is 1. The highest BCUT2D eigenvalue weighted by Crippen LogP contribution is 2.32. The number of amides is 1. The van der Waals surface area contributed by atoms with Gasteiger partial charge in [-0.2, -0.15) is 0 Å². The van der Waals surface area contributed by atoms with Gasteiger partial charge in [0.2, 0.25) is 0 Å². The molecule has 2 aromatic heterocycles. The minimum atomic E-state index is -0.131. The van der Waals surface area contributed by atoms with Gasteiger partial charge >= 0.3 is 0 Å². The summed E-state index contributed by atoms with van der Waals surface area (Å²) in [5.74, 6) is 1.13. The number of nitrogens with zero attached hydrogens (tertiary/aromatic N) is 5. The lowest BCUT2D eigenvalue weighted by molar-refractivity contribution is 0.0698. The van der Waals surface area contributed by atoms with Crippen LogP contribution in [0.5, 0.6) is 0 Å². The summed E-state index contributed by atoms with van der Waals surface area (Å²) in [7, 11) is 0. The zero-order chi connectivity index (χ0) is 18.3. The first-order valence-electron chi connectivity index (χ1n) is 8.90. The van der Waals surface area contributed by atoms with Crippen molar-refractivity contribution in [2.45, 2.75) is 38.6 Å². The van der Waals surface area contributed by atoms with Crippen LogP contribution in [0.4, 0.5) is 5.00 Å². The number of benzene rings is 1. The zero-order valence-electron chi connectivity index (χ0n) is 14.9. The Bertz CT molecular complexity index is 946. The predicted molar refractivity (Wildman–Crippen MR) is 102 cm³/mol. The van der Waals surface area contributed by atoms with E-state index in [4.69, 9.17) is 10.7 Å². The van der Waals surface area contributed by atoms with Crippen LogP contribution in [-0.4, -0.2) is 43.0 Å². The third kappa shape index (κ3) is 2.84. The number of hydrogen-bond donors (Lipinski definition) is 1. The molecule has 3 heterocycles. The number of piperidine rings is 1. The minimum Gasteiger partial charge on any atom is -0.387 e. The van der Waals surface area contributed by atoms with Crippen molar-refractivity contribution < 1.29 is 4.79 Å². The molecule has 0 bridgehead atoms. The van der Waals surface area contributed by atoms with Gasteiger partial charge in [-0.15, -0.1) is 5.10 Å². The molecular weight excluding hydrogens is 348 g/mol. The van der Waals surface area contributed by atoms with Crippen molar-refractivity contribution in [3.05, 3.63) is 35.8 Å².